The van der Waals surface area contributed by atoms with Crippen LogP contribution in [0.25, 0.3) is 0 Å². The Morgan fingerprint density at radius 3 is 2.35 bits per heavy atom. The highest BCUT2D eigenvalue weighted by atomic mass is 16.2. The first-order chi connectivity index (χ1) is 9.52. The molecule has 4 N–H and O–H groups in total. The van der Waals surface area contributed by atoms with E-state index in [1.807, 2.05) is 6.07 Å². The van der Waals surface area contributed by atoms with Crippen LogP contribution in [0.4, 0.5) is 17.1 Å². The van der Waals surface area contributed by atoms with Crippen LogP contribution >= 0.6 is 0 Å². The van der Waals surface area contributed by atoms with E-state index in [1.165, 1.54) is 4.90 Å². The highest BCUT2D eigenvalue weighted by molar-refractivity contribution is 6.09. The van der Waals surface area contributed by atoms with Crippen molar-refractivity contribution in [3.8, 4) is 6.07 Å². The van der Waals surface area contributed by atoms with Crippen molar-refractivity contribution in [3.63, 3.8) is 0 Å². The Morgan fingerprint density at radius 1 is 1.15 bits per heavy atom. The van der Waals surface area contributed by atoms with Crippen LogP contribution in [0.15, 0.2) is 42.5 Å². The summed E-state index contributed by atoms with van der Waals surface area (Å²) in [7, 11) is 1.65. The number of carbonyl (C=O) groups is 1. The Labute approximate surface area is 117 Å². The molecule has 0 aliphatic rings. The number of nitrogens with zero attached hydrogens (tertiary/aromatic N) is 2. The molecule has 20 heavy (non-hydrogen) atoms. The van der Waals surface area contributed by atoms with Crippen LogP contribution in [0, 0.1) is 11.3 Å². The summed E-state index contributed by atoms with van der Waals surface area (Å²) >= 11 is 0. The number of hydrogen-bond donors (Lipinski definition) is 2. The molecule has 2 aromatic carbocycles. The number of hydrogen-bond acceptors (Lipinski definition) is 4. The van der Waals surface area contributed by atoms with E-state index in [0.717, 1.165) is 0 Å². The van der Waals surface area contributed by atoms with Gasteiger partial charge in [-0.25, -0.2) is 0 Å². The standard InChI is InChI=1S/C15H14N4O/c1-19(12-5-2-10(9-16)3-6-12)15(20)13-7-4-11(17)8-14(13)18/h2-8H,17-18H2,1H3. The van der Waals surface area contributed by atoms with Gasteiger partial charge in [0.25, 0.3) is 5.91 Å². The summed E-state index contributed by atoms with van der Waals surface area (Å²) in [5.74, 6) is -0.229. The Morgan fingerprint density at radius 2 is 1.80 bits per heavy atom. The summed E-state index contributed by atoms with van der Waals surface area (Å²) in [4.78, 5) is 13.8. The number of anilines is 3. The highest BCUT2D eigenvalue weighted by Gasteiger charge is 2.16. The lowest BCUT2D eigenvalue weighted by Crippen LogP contribution is -2.27. The van der Waals surface area contributed by atoms with Crippen molar-refractivity contribution in [2.45, 2.75) is 0 Å². The van der Waals surface area contributed by atoms with Gasteiger partial charge < -0.3 is 16.4 Å². The lowest BCUT2D eigenvalue weighted by Gasteiger charge is -2.18. The molecule has 0 fully saturated rings. The van der Waals surface area contributed by atoms with Crippen LogP contribution < -0.4 is 16.4 Å². The Kier molecular flexibility index (Phi) is 3.58. The fourth-order valence-corrected chi connectivity index (χ4v) is 1.83. The van der Waals surface area contributed by atoms with Gasteiger partial charge in [0.2, 0.25) is 0 Å². The van der Waals surface area contributed by atoms with Gasteiger partial charge in [0.1, 0.15) is 0 Å². The first-order valence-electron chi connectivity index (χ1n) is 5.96. The van der Waals surface area contributed by atoms with Crippen molar-refractivity contribution in [1.29, 1.82) is 5.26 Å². The average Bonchev–Trinajstić information content (AvgIpc) is 2.46. The maximum absolute atomic E-state index is 12.4. The third-order valence-electron chi connectivity index (χ3n) is 2.99. The first kappa shape index (κ1) is 13.4. The molecule has 0 aromatic heterocycles. The van der Waals surface area contributed by atoms with Crippen LogP contribution in [0.2, 0.25) is 0 Å². The molecule has 0 saturated carbocycles. The smallest absolute Gasteiger partial charge is 0.260 e. The number of rotatable bonds is 2. The zero-order valence-electron chi connectivity index (χ0n) is 11.0. The Balaban J connectivity index is 2.30. The van der Waals surface area contributed by atoms with E-state index < -0.39 is 0 Å². The molecule has 100 valence electrons. The molecule has 5 nitrogen and oxygen atoms in total. The van der Waals surface area contributed by atoms with Gasteiger partial charge in [-0.1, -0.05) is 0 Å². The minimum atomic E-state index is -0.229. The molecule has 0 spiro atoms. The second kappa shape index (κ2) is 5.33. The molecule has 0 unspecified atom stereocenters. The van der Waals surface area contributed by atoms with Crippen molar-refractivity contribution in [2.75, 3.05) is 23.4 Å². The van der Waals surface area contributed by atoms with Crippen LogP contribution in [-0.4, -0.2) is 13.0 Å². The lowest BCUT2D eigenvalue weighted by atomic mass is 10.1. The predicted octanol–water partition coefficient (Wildman–Crippen LogP) is 2.00. The van der Waals surface area contributed by atoms with Crippen LogP contribution in [0.1, 0.15) is 15.9 Å². The number of carbonyl (C=O) groups excluding carboxylic acids is 1. The molecule has 0 aliphatic carbocycles. The molecule has 0 heterocycles. The minimum absolute atomic E-state index is 0.229. The fraction of sp³-hybridized carbons (Fsp3) is 0.0667. The van der Waals surface area contributed by atoms with Gasteiger partial charge in [0, 0.05) is 24.1 Å². The van der Waals surface area contributed by atoms with Gasteiger partial charge in [0.05, 0.1) is 17.2 Å². The van der Waals surface area contributed by atoms with E-state index in [2.05, 4.69) is 0 Å². The van der Waals surface area contributed by atoms with Crippen molar-refractivity contribution >= 4 is 23.0 Å². The number of nitrogens with two attached hydrogens (primary N) is 2. The van der Waals surface area contributed by atoms with Crippen LogP contribution in [-0.2, 0) is 0 Å². The summed E-state index contributed by atoms with van der Waals surface area (Å²) < 4.78 is 0. The Bertz CT molecular complexity index is 686. The molecule has 5 heteroatoms. The van der Waals surface area contributed by atoms with Gasteiger partial charge in [-0.2, -0.15) is 5.26 Å². The molecule has 0 atom stereocenters. The van der Waals surface area contributed by atoms with Crippen molar-refractivity contribution < 1.29 is 4.79 Å². The summed E-state index contributed by atoms with van der Waals surface area (Å²) in [6, 6.07) is 13.6. The van der Waals surface area contributed by atoms with Crippen LogP contribution in [0.5, 0.6) is 0 Å². The van der Waals surface area contributed by atoms with E-state index in [4.69, 9.17) is 16.7 Å². The maximum Gasteiger partial charge on any atom is 0.260 e. The van der Waals surface area contributed by atoms with Gasteiger partial charge in [-0.15, -0.1) is 0 Å². The normalized spacial score (nSPS) is 9.80. The zero-order valence-corrected chi connectivity index (χ0v) is 11.0. The van der Waals surface area contributed by atoms with Crippen molar-refractivity contribution in [1.82, 2.24) is 0 Å². The second-order valence-electron chi connectivity index (χ2n) is 4.37. The number of benzene rings is 2. The van der Waals surface area contributed by atoms with Gasteiger partial charge >= 0.3 is 0 Å². The molecule has 1 amide bonds. The average molecular weight is 266 g/mol. The molecular weight excluding hydrogens is 252 g/mol. The van der Waals surface area contributed by atoms with E-state index in [9.17, 15) is 4.79 Å². The molecule has 0 aliphatic heterocycles. The Hall–Kier alpha value is -3.00. The lowest BCUT2D eigenvalue weighted by molar-refractivity contribution is 0.0994. The number of nitrogen functional groups attached to an aromatic ring is 2. The molecular formula is C15H14N4O. The quantitative estimate of drug-likeness (QED) is 0.812. The topological polar surface area (TPSA) is 96.1 Å². The van der Waals surface area contributed by atoms with E-state index in [-0.39, 0.29) is 5.91 Å². The molecule has 2 aromatic rings. The van der Waals surface area contributed by atoms with Crippen molar-refractivity contribution in [2.24, 2.45) is 0 Å². The SMILES string of the molecule is CN(C(=O)c1ccc(N)cc1N)c1ccc(C#N)cc1. The summed E-state index contributed by atoms with van der Waals surface area (Å²) in [5.41, 5.74) is 13.9. The van der Waals surface area contributed by atoms with E-state index in [0.29, 0.717) is 28.2 Å². The third-order valence-corrected chi connectivity index (χ3v) is 2.99. The largest absolute Gasteiger partial charge is 0.399 e. The number of nitriles is 1. The predicted molar refractivity (Wildman–Crippen MR) is 79.2 cm³/mol. The zero-order chi connectivity index (χ0) is 14.7. The maximum atomic E-state index is 12.4. The van der Waals surface area contributed by atoms with Gasteiger partial charge in [0.15, 0.2) is 0 Å². The summed E-state index contributed by atoms with van der Waals surface area (Å²) in [6.07, 6.45) is 0. The minimum Gasteiger partial charge on any atom is -0.399 e. The van der Waals surface area contributed by atoms with E-state index >= 15 is 0 Å². The summed E-state index contributed by atoms with van der Waals surface area (Å²) in [6.45, 7) is 0. The fourth-order valence-electron chi connectivity index (χ4n) is 1.83. The summed E-state index contributed by atoms with van der Waals surface area (Å²) in [5, 5.41) is 8.76. The molecule has 0 bridgehead atoms. The van der Waals surface area contributed by atoms with Crippen LogP contribution in [0.3, 0.4) is 0 Å². The molecule has 2 rings (SSSR count). The third kappa shape index (κ3) is 2.54. The molecule has 0 saturated heterocycles. The monoisotopic (exact) mass is 266 g/mol. The van der Waals surface area contributed by atoms with Gasteiger partial charge in [-0.3, -0.25) is 4.79 Å². The second-order valence-corrected chi connectivity index (χ2v) is 4.37. The highest BCUT2D eigenvalue weighted by Crippen LogP contribution is 2.21. The first-order valence-corrected chi connectivity index (χ1v) is 5.96. The van der Waals surface area contributed by atoms with E-state index in [1.54, 1.807) is 49.5 Å². The van der Waals surface area contributed by atoms with Crippen molar-refractivity contribution in [3.05, 3.63) is 53.6 Å². The number of amides is 1. The van der Waals surface area contributed by atoms with Gasteiger partial charge in [-0.05, 0) is 42.5 Å². The molecule has 0 radical (unpaired) electrons.